The van der Waals surface area contributed by atoms with Crippen LogP contribution in [0.1, 0.15) is 55.7 Å². The number of para-hydroxylation sites is 1. The first-order chi connectivity index (χ1) is 10.6. The van der Waals surface area contributed by atoms with Crippen molar-refractivity contribution in [3.05, 3.63) is 29.6 Å². The average molecular weight is 300 g/mol. The lowest BCUT2D eigenvalue weighted by Crippen LogP contribution is -2.37. The lowest BCUT2D eigenvalue weighted by Gasteiger charge is -2.30. The Labute approximate surface area is 130 Å². The Kier molecular flexibility index (Phi) is 3.91. The smallest absolute Gasteiger partial charge is 0.250 e. The van der Waals surface area contributed by atoms with Crippen LogP contribution in [-0.2, 0) is 5.54 Å². The number of fused-ring (bicyclic) bond motifs is 1. The van der Waals surface area contributed by atoms with E-state index in [0.29, 0.717) is 11.1 Å². The maximum atomic E-state index is 11.6. The molecule has 118 valence electrons. The number of hydrogen-bond donors (Lipinski definition) is 2. The van der Waals surface area contributed by atoms with Gasteiger partial charge in [-0.2, -0.15) is 0 Å². The number of aromatic nitrogens is 2. The van der Waals surface area contributed by atoms with E-state index in [-0.39, 0.29) is 5.54 Å². The number of rotatable bonds is 7. The van der Waals surface area contributed by atoms with E-state index in [2.05, 4.69) is 23.7 Å². The van der Waals surface area contributed by atoms with E-state index in [1.807, 2.05) is 12.1 Å². The Balaban J connectivity index is 2.02. The predicted octanol–water partition coefficient (Wildman–Crippen LogP) is 2.77. The molecule has 3 rings (SSSR count). The minimum Gasteiger partial charge on any atom is -0.366 e. The minimum atomic E-state index is -0.424. The lowest BCUT2D eigenvalue weighted by molar-refractivity contribution is 0.100. The molecule has 1 fully saturated rings. The summed E-state index contributed by atoms with van der Waals surface area (Å²) in [6, 6.07) is 5.54. The summed E-state index contributed by atoms with van der Waals surface area (Å²) in [4.78, 5) is 22.3. The topological polar surface area (TPSA) is 75.0 Å². The summed E-state index contributed by atoms with van der Waals surface area (Å²) in [7, 11) is 0. The van der Waals surface area contributed by atoms with Crippen LogP contribution in [0.15, 0.2) is 18.2 Å². The molecule has 1 saturated carbocycles. The number of aromatic amines is 1. The van der Waals surface area contributed by atoms with Crippen LogP contribution in [0, 0.1) is 0 Å². The Morgan fingerprint density at radius 1 is 1.32 bits per heavy atom. The fourth-order valence-corrected chi connectivity index (χ4v) is 3.35. The molecule has 0 aliphatic heterocycles. The van der Waals surface area contributed by atoms with E-state index in [1.54, 1.807) is 6.07 Å². The standard InChI is InChI=1S/C17H24N4O/c1-3-10-21(11-4-2)17(8-9-17)16-19-13-7-5-6-12(15(18)22)14(13)20-16/h5-7H,3-4,8-11H2,1-2H3,(H2,18,22)(H,19,20). The fraction of sp³-hybridized carbons (Fsp3) is 0.529. The molecule has 1 heterocycles. The number of hydrogen-bond acceptors (Lipinski definition) is 3. The van der Waals surface area contributed by atoms with Gasteiger partial charge in [-0.1, -0.05) is 19.9 Å². The lowest BCUT2D eigenvalue weighted by atomic mass is 10.1. The second-order valence-electron chi connectivity index (χ2n) is 6.17. The van der Waals surface area contributed by atoms with Crippen LogP contribution in [0.25, 0.3) is 11.0 Å². The van der Waals surface area contributed by atoms with E-state index in [0.717, 1.165) is 50.1 Å². The third-order valence-electron chi connectivity index (χ3n) is 4.53. The Hall–Kier alpha value is -1.88. The monoisotopic (exact) mass is 300 g/mol. The number of carbonyl (C=O) groups is 1. The van der Waals surface area contributed by atoms with Crippen molar-refractivity contribution in [1.29, 1.82) is 0 Å². The van der Waals surface area contributed by atoms with Crippen molar-refractivity contribution in [1.82, 2.24) is 14.9 Å². The molecule has 3 N–H and O–H groups in total. The number of primary amides is 1. The van der Waals surface area contributed by atoms with E-state index in [9.17, 15) is 4.79 Å². The van der Waals surface area contributed by atoms with Crippen LogP contribution in [0.2, 0.25) is 0 Å². The predicted molar refractivity (Wildman–Crippen MR) is 87.7 cm³/mol. The molecule has 2 aromatic rings. The van der Waals surface area contributed by atoms with E-state index in [1.165, 1.54) is 0 Å². The third-order valence-corrected chi connectivity index (χ3v) is 4.53. The van der Waals surface area contributed by atoms with E-state index < -0.39 is 5.91 Å². The molecule has 5 heteroatoms. The Morgan fingerprint density at radius 3 is 2.55 bits per heavy atom. The molecule has 1 aromatic carbocycles. The first-order valence-electron chi connectivity index (χ1n) is 8.16. The minimum absolute atomic E-state index is 0.0277. The number of nitrogens with zero attached hydrogens (tertiary/aromatic N) is 2. The average Bonchev–Trinajstić information content (AvgIpc) is 3.19. The van der Waals surface area contributed by atoms with E-state index >= 15 is 0 Å². The van der Waals surface area contributed by atoms with Gasteiger partial charge in [-0.15, -0.1) is 0 Å². The molecule has 22 heavy (non-hydrogen) atoms. The van der Waals surface area contributed by atoms with Gasteiger partial charge in [0.15, 0.2) is 0 Å². The highest BCUT2D eigenvalue weighted by Gasteiger charge is 2.51. The summed E-state index contributed by atoms with van der Waals surface area (Å²) in [5.41, 5.74) is 7.58. The van der Waals surface area contributed by atoms with Gasteiger partial charge in [0.1, 0.15) is 11.3 Å². The maximum absolute atomic E-state index is 11.6. The van der Waals surface area contributed by atoms with Gasteiger partial charge in [-0.05, 0) is 50.9 Å². The molecular weight excluding hydrogens is 276 g/mol. The van der Waals surface area contributed by atoms with Crippen molar-refractivity contribution >= 4 is 16.9 Å². The zero-order chi connectivity index (χ0) is 15.7. The van der Waals surface area contributed by atoms with Gasteiger partial charge in [-0.25, -0.2) is 4.98 Å². The molecule has 5 nitrogen and oxygen atoms in total. The molecule has 0 unspecified atom stereocenters. The number of nitrogens with two attached hydrogens (primary N) is 1. The number of amides is 1. The summed E-state index contributed by atoms with van der Waals surface area (Å²) in [5.74, 6) is 0.561. The first kappa shape index (κ1) is 15.0. The molecular formula is C17H24N4O. The zero-order valence-electron chi connectivity index (χ0n) is 13.4. The zero-order valence-corrected chi connectivity index (χ0v) is 13.4. The van der Waals surface area contributed by atoms with Gasteiger partial charge in [0, 0.05) is 0 Å². The molecule has 1 aromatic heterocycles. The van der Waals surface area contributed by atoms with Gasteiger partial charge in [0.25, 0.3) is 5.91 Å². The van der Waals surface area contributed by atoms with Crippen molar-refractivity contribution in [2.75, 3.05) is 13.1 Å². The summed E-state index contributed by atoms with van der Waals surface area (Å²) < 4.78 is 0. The van der Waals surface area contributed by atoms with Crippen molar-refractivity contribution in [3.63, 3.8) is 0 Å². The summed E-state index contributed by atoms with van der Waals surface area (Å²) in [6.07, 6.45) is 4.51. The molecule has 1 amide bonds. The summed E-state index contributed by atoms with van der Waals surface area (Å²) in [5, 5.41) is 0. The largest absolute Gasteiger partial charge is 0.366 e. The normalized spacial score (nSPS) is 16.3. The number of benzene rings is 1. The third kappa shape index (κ3) is 2.39. The summed E-state index contributed by atoms with van der Waals surface area (Å²) in [6.45, 7) is 6.58. The molecule has 0 atom stereocenters. The van der Waals surface area contributed by atoms with Gasteiger partial charge in [0.2, 0.25) is 0 Å². The fourth-order valence-electron chi connectivity index (χ4n) is 3.35. The molecule has 0 spiro atoms. The molecule has 1 aliphatic carbocycles. The highest BCUT2D eigenvalue weighted by molar-refractivity contribution is 6.04. The van der Waals surface area contributed by atoms with Crippen LogP contribution in [0.3, 0.4) is 0 Å². The first-order valence-corrected chi connectivity index (χ1v) is 8.16. The van der Waals surface area contributed by atoms with Crippen molar-refractivity contribution in [2.45, 2.75) is 45.1 Å². The molecule has 1 aliphatic rings. The van der Waals surface area contributed by atoms with Crippen LogP contribution in [-0.4, -0.2) is 33.9 Å². The second kappa shape index (κ2) is 5.72. The number of H-pyrrole nitrogens is 1. The van der Waals surface area contributed by atoms with Gasteiger partial charge < -0.3 is 10.7 Å². The highest BCUT2D eigenvalue weighted by atomic mass is 16.1. The second-order valence-corrected chi connectivity index (χ2v) is 6.17. The van der Waals surface area contributed by atoms with Crippen LogP contribution in [0.5, 0.6) is 0 Å². The Bertz CT molecular complexity index is 681. The van der Waals surface area contributed by atoms with Crippen LogP contribution >= 0.6 is 0 Å². The highest BCUT2D eigenvalue weighted by Crippen LogP contribution is 2.50. The summed E-state index contributed by atoms with van der Waals surface area (Å²) >= 11 is 0. The molecule has 0 saturated heterocycles. The van der Waals surface area contributed by atoms with Crippen molar-refractivity contribution in [2.24, 2.45) is 5.73 Å². The molecule has 0 radical (unpaired) electrons. The Morgan fingerprint density at radius 2 is 2.00 bits per heavy atom. The van der Waals surface area contributed by atoms with Gasteiger partial charge in [-0.3, -0.25) is 9.69 Å². The van der Waals surface area contributed by atoms with E-state index in [4.69, 9.17) is 10.7 Å². The van der Waals surface area contributed by atoms with Crippen molar-refractivity contribution in [3.8, 4) is 0 Å². The van der Waals surface area contributed by atoms with Crippen molar-refractivity contribution < 1.29 is 4.79 Å². The maximum Gasteiger partial charge on any atom is 0.250 e. The number of imidazole rings is 1. The van der Waals surface area contributed by atoms with Crippen LogP contribution in [0.4, 0.5) is 0 Å². The quantitative estimate of drug-likeness (QED) is 0.825. The van der Waals surface area contributed by atoms with Gasteiger partial charge in [0.05, 0.1) is 16.6 Å². The molecule has 0 bridgehead atoms. The SMILES string of the molecule is CCCN(CCC)C1(c2nc3c(C(N)=O)cccc3[nH]2)CC1. The van der Waals surface area contributed by atoms with Crippen LogP contribution < -0.4 is 5.73 Å². The number of carbonyl (C=O) groups excluding carboxylic acids is 1. The van der Waals surface area contributed by atoms with Gasteiger partial charge >= 0.3 is 0 Å². The number of nitrogens with one attached hydrogen (secondary N) is 1.